The van der Waals surface area contributed by atoms with E-state index in [0.717, 1.165) is 46.2 Å². The molecule has 4 atom stereocenters. The first-order valence-corrected chi connectivity index (χ1v) is 18.3. The molecule has 0 heterocycles. The van der Waals surface area contributed by atoms with Gasteiger partial charge in [-0.2, -0.15) is 0 Å². The van der Waals surface area contributed by atoms with E-state index in [4.69, 9.17) is 9.98 Å². The number of aromatic hydroxyl groups is 2. The van der Waals surface area contributed by atoms with E-state index in [1.54, 1.807) is 12.4 Å². The van der Waals surface area contributed by atoms with Gasteiger partial charge in [0.2, 0.25) is 0 Å². The van der Waals surface area contributed by atoms with Crippen molar-refractivity contribution in [3.8, 4) is 11.5 Å². The maximum atomic E-state index is 11.8. The summed E-state index contributed by atoms with van der Waals surface area (Å²) in [6.45, 7) is 8.43. The Hall–Kier alpha value is -5.74. The predicted molar refractivity (Wildman–Crippen MR) is 216 cm³/mol. The minimum absolute atomic E-state index is 0.0578. The van der Waals surface area contributed by atoms with E-state index >= 15 is 0 Å². The van der Waals surface area contributed by atoms with Gasteiger partial charge in [0, 0.05) is 46.5 Å². The van der Waals surface area contributed by atoms with Crippen LogP contribution in [0.5, 0.6) is 11.5 Å². The lowest BCUT2D eigenvalue weighted by molar-refractivity contribution is 0.461. The van der Waals surface area contributed by atoms with Gasteiger partial charge in [0.25, 0.3) is 0 Å². The zero-order valence-corrected chi connectivity index (χ0v) is 30.5. The number of rotatable bonds is 13. The number of phenolic OH excluding ortho intramolecular Hbond substituents is 2. The van der Waals surface area contributed by atoms with Crippen LogP contribution in [-0.4, -0.2) is 22.6 Å². The fourth-order valence-corrected chi connectivity index (χ4v) is 7.44. The molecule has 0 radical (unpaired) electrons. The quantitative estimate of drug-likeness (QED) is 0.119. The van der Waals surface area contributed by atoms with E-state index in [9.17, 15) is 10.2 Å². The second-order valence-corrected chi connectivity index (χ2v) is 13.5. The molecule has 52 heavy (non-hydrogen) atoms. The molecule has 2 N–H and O–H groups in total. The van der Waals surface area contributed by atoms with Crippen molar-refractivity contribution in [2.75, 3.05) is 0 Å². The number of nitrogens with zero attached hydrogens (tertiary/aromatic N) is 2. The van der Waals surface area contributed by atoms with Crippen molar-refractivity contribution in [1.29, 1.82) is 0 Å². The van der Waals surface area contributed by atoms with Crippen molar-refractivity contribution in [1.82, 2.24) is 0 Å². The smallest absolute Gasteiger partial charge is 0.128 e. The molecular weight excluding hydrogens is 637 g/mol. The molecule has 0 amide bonds. The average molecular weight is 685 g/mol. The number of aliphatic imine (C=N–C) groups is 2. The molecule has 4 nitrogen and oxygen atoms in total. The summed E-state index contributed by atoms with van der Waals surface area (Å²) < 4.78 is 0. The SMILES string of the molecule is CCC(c1ccccc1)c1c(C)ccc(C=N[C@H](c2ccccc2)[C@H](N=Cc2ccc(C)c(C(CC)c3ccccc3)c2O)c2ccccc2)c1O. The van der Waals surface area contributed by atoms with Crippen molar-refractivity contribution in [3.05, 3.63) is 201 Å². The number of benzene rings is 6. The summed E-state index contributed by atoms with van der Waals surface area (Å²) in [7, 11) is 0. The largest absolute Gasteiger partial charge is 0.507 e. The number of aryl methyl sites for hydroxylation is 2. The normalized spacial score (nSPS) is 14.0. The van der Waals surface area contributed by atoms with E-state index in [1.165, 1.54) is 11.1 Å². The van der Waals surface area contributed by atoms with Gasteiger partial charge in [-0.05, 0) is 72.2 Å². The monoisotopic (exact) mass is 684 g/mol. The van der Waals surface area contributed by atoms with Crippen molar-refractivity contribution in [3.63, 3.8) is 0 Å². The van der Waals surface area contributed by atoms with Gasteiger partial charge in [-0.15, -0.1) is 0 Å². The molecule has 262 valence electrons. The number of phenols is 2. The Morgan fingerprint density at radius 2 is 0.750 bits per heavy atom. The van der Waals surface area contributed by atoms with Crippen molar-refractivity contribution in [2.24, 2.45) is 9.98 Å². The van der Waals surface area contributed by atoms with E-state index in [0.29, 0.717) is 11.1 Å². The molecule has 6 rings (SSSR count). The molecule has 0 aromatic heterocycles. The second kappa shape index (κ2) is 17.0. The van der Waals surface area contributed by atoms with Crippen molar-refractivity contribution >= 4 is 12.4 Å². The highest BCUT2D eigenvalue weighted by Gasteiger charge is 2.26. The Bertz CT molecular complexity index is 1960. The molecule has 0 spiro atoms. The molecule has 6 aromatic rings. The molecule has 0 saturated carbocycles. The van der Waals surface area contributed by atoms with Crippen LogP contribution in [0, 0.1) is 13.8 Å². The summed E-state index contributed by atoms with van der Waals surface area (Å²) in [6, 6.07) is 48.3. The first kappa shape index (κ1) is 36.1. The third kappa shape index (κ3) is 7.92. The van der Waals surface area contributed by atoms with Crippen LogP contribution in [0.4, 0.5) is 0 Å². The summed E-state index contributed by atoms with van der Waals surface area (Å²) in [5.41, 5.74) is 9.63. The van der Waals surface area contributed by atoms with E-state index in [1.807, 2.05) is 84.9 Å². The highest BCUT2D eigenvalue weighted by atomic mass is 16.3. The van der Waals surface area contributed by atoms with Gasteiger partial charge >= 0.3 is 0 Å². The van der Waals surface area contributed by atoms with Crippen LogP contribution in [0.3, 0.4) is 0 Å². The summed E-state index contributed by atoms with van der Waals surface area (Å²) >= 11 is 0. The van der Waals surface area contributed by atoms with E-state index < -0.39 is 12.1 Å². The summed E-state index contributed by atoms with van der Waals surface area (Å²) in [5, 5.41) is 23.6. The molecular formula is C48H48N2O2. The Kier molecular flexibility index (Phi) is 11.8. The molecule has 0 saturated heterocycles. The fraction of sp³-hybridized carbons (Fsp3) is 0.208. The second-order valence-electron chi connectivity index (χ2n) is 13.5. The van der Waals surface area contributed by atoms with Gasteiger partial charge in [-0.1, -0.05) is 147 Å². The third-order valence-corrected chi connectivity index (χ3v) is 10.2. The lowest BCUT2D eigenvalue weighted by Crippen LogP contribution is -2.10. The highest BCUT2D eigenvalue weighted by molar-refractivity contribution is 5.86. The van der Waals surface area contributed by atoms with Gasteiger partial charge < -0.3 is 10.2 Å². The van der Waals surface area contributed by atoms with Gasteiger partial charge in [0.1, 0.15) is 23.6 Å². The van der Waals surface area contributed by atoms with Crippen molar-refractivity contribution in [2.45, 2.75) is 64.5 Å². The van der Waals surface area contributed by atoms with Crippen LogP contribution in [0.2, 0.25) is 0 Å². The molecule has 2 unspecified atom stereocenters. The first-order valence-electron chi connectivity index (χ1n) is 18.3. The fourth-order valence-electron chi connectivity index (χ4n) is 7.44. The number of hydrogen-bond donors (Lipinski definition) is 2. The zero-order valence-electron chi connectivity index (χ0n) is 30.5. The first-order chi connectivity index (χ1) is 25.4. The molecule has 0 aliphatic carbocycles. The van der Waals surface area contributed by atoms with Gasteiger partial charge in [0.05, 0.1) is 0 Å². The molecule has 0 aliphatic rings. The van der Waals surface area contributed by atoms with Crippen LogP contribution < -0.4 is 0 Å². The van der Waals surface area contributed by atoms with Crippen LogP contribution >= 0.6 is 0 Å². The van der Waals surface area contributed by atoms with Gasteiger partial charge in [-0.25, -0.2) is 0 Å². The number of hydrogen-bond acceptors (Lipinski definition) is 4. The molecule has 4 heteroatoms. The Morgan fingerprint density at radius 1 is 0.442 bits per heavy atom. The lowest BCUT2D eigenvalue weighted by Gasteiger charge is -2.23. The van der Waals surface area contributed by atoms with Gasteiger partial charge in [0.15, 0.2) is 0 Å². The van der Waals surface area contributed by atoms with Crippen LogP contribution in [0.15, 0.2) is 156 Å². The van der Waals surface area contributed by atoms with Crippen molar-refractivity contribution < 1.29 is 10.2 Å². The summed E-state index contributed by atoms with van der Waals surface area (Å²) in [4.78, 5) is 10.4. The minimum atomic E-state index is -0.417. The maximum absolute atomic E-state index is 11.8. The topological polar surface area (TPSA) is 65.2 Å². The average Bonchev–Trinajstić information content (AvgIpc) is 3.19. The molecule has 0 aliphatic heterocycles. The predicted octanol–water partition coefficient (Wildman–Crippen LogP) is 11.8. The maximum Gasteiger partial charge on any atom is 0.128 e. The van der Waals surface area contributed by atoms with Crippen LogP contribution in [-0.2, 0) is 0 Å². The molecule has 0 bridgehead atoms. The Labute approximate surface area is 308 Å². The minimum Gasteiger partial charge on any atom is -0.507 e. The Balaban J connectivity index is 1.43. The standard InChI is InChI=1S/C48H48N2O2/c1-5-41(35-19-11-7-12-20-35)43-33(3)27-29-39(47(43)51)31-49-45(37-23-15-9-16-24-37)46(38-25-17-10-18-26-38)50-32-40-30-28-34(4)44(48(40)52)42(6-2)36-21-13-8-14-22-36/h7-32,41-42,45-46,51-52H,5-6H2,1-4H3/t41?,42?,45-,46-/m1/s1. The van der Waals surface area contributed by atoms with E-state index in [-0.39, 0.29) is 23.3 Å². The van der Waals surface area contributed by atoms with Crippen LogP contribution in [0.1, 0.15) is 106 Å². The van der Waals surface area contributed by atoms with Crippen LogP contribution in [0.25, 0.3) is 0 Å². The zero-order chi connectivity index (χ0) is 36.5. The van der Waals surface area contributed by atoms with Gasteiger partial charge in [-0.3, -0.25) is 9.98 Å². The molecule has 0 fully saturated rings. The third-order valence-electron chi connectivity index (χ3n) is 10.2. The highest BCUT2D eigenvalue weighted by Crippen LogP contribution is 2.41. The Morgan fingerprint density at radius 3 is 1.06 bits per heavy atom. The lowest BCUT2D eigenvalue weighted by atomic mass is 9.85. The summed E-state index contributed by atoms with van der Waals surface area (Å²) in [5.74, 6) is 0.629. The molecule has 6 aromatic carbocycles. The summed E-state index contributed by atoms with van der Waals surface area (Å²) in [6.07, 6.45) is 5.31. The van der Waals surface area contributed by atoms with E-state index in [2.05, 4.69) is 88.4 Å².